The molecule has 0 bridgehead atoms. The van der Waals surface area contributed by atoms with E-state index in [9.17, 15) is 88.2 Å². The molecular formula is C13H5F19O2. The monoisotopic (exact) mass is 554 g/mol. The van der Waals surface area contributed by atoms with Crippen molar-refractivity contribution in [2.75, 3.05) is 0 Å². The lowest BCUT2D eigenvalue weighted by Crippen LogP contribution is -2.78. The Morgan fingerprint density at radius 2 is 0.735 bits per heavy atom. The molecule has 0 radical (unpaired) electrons. The molecule has 0 aliphatic heterocycles. The second kappa shape index (κ2) is 7.95. The van der Waals surface area contributed by atoms with Gasteiger partial charge in [0.1, 0.15) is 0 Å². The first-order chi connectivity index (χ1) is 14.3. The third-order valence-electron chi connectivity index (χ3n) is 3.68. The number of esters is 1. The van der Waals surface area contributed by atoms with Crippen molar-refractivity contribution < 1.29 is 92.9 Å². The third-order valence-corrected chi connectivity index (χ3v) is 3.68. The molecule has 2 nitrogen and oxygen atoms in total. The van der Waals surface area contributed by atoms with Crippen LogP contribution in [-0.2, 0) is 9.53 Å². The van der Waals surface area contributed by atoms with E-state index >= 15 is 0 Å². The van der Waals surface area contributed by atoms with Gasteiger partial charge >= 0.3 is 59.7 Å². The zero-order valence-corrected chi connectivity index (χ0v) is 15.2. The summed E-state index contributed by atoms with van der Waals surface area (Å²) in [7, 11) is 0. The SMILES string of the molecule is C=C(C)C(=O)OC(F)(C(F)(F)C(F)(F)C(F)(F)C(F)(F)F)C(F)(F)C(F)(F)C(F)(F)C(F)(F)F. The van der Waals surface area contributed by atoms with E-state index in [0.717, 1.165) is 0 Å². The Balaban J connectivity index is 7.54. The molecule has 0 N–H and O–H groups in total. The van der Waals surface area contributed by atoms with Gasteiger partial charge in [-0.25, -0.2) is 4.79 Å². The van der Waals surface area contributed by atoms with Crippen molar-refractivity contribution >= 4 is 5.97 Å². The molecule has 0 saturated heterocycles. The Morgan fingerprint density at radius 1 is 0.500 bits per heavy atom. The Kier molecular flexibility index (Phi) is 7.46. The van der Waals surface area contributed by atoms with Crippen LogP contribution in [0.3, 0.4) is 0 Å². The van der Waals surface area contributed by atoms with E-state index < -0.39 is 65.3 Å². The summed E-state index contributed by atoms with van der Waals surface area (Å²) in [6.07, 6.45) is -15.9. The number of carbonyl (C=O) groups is 1. The van der Waals surface area contributed by atoms with Gasteiger partial charge in [0.15, 0.2) is 0 Å². The quantitative estimate of drug-likeness (QED) is 0.190. The summed E-state index contributed by atoms with van der Waals surface area (Å²) in [6, 6.07) is 0. The molecule has 21 heteroatoms. The van der Waals surface area contributed by atoms with Crippen molar-refractivity contribution in [2.45, 2.75) is 60.7 Å². The molecule has 0 saturated carbocycles. The Morgan fingerprint density at radius 3 is 0.912 bits per heavy atom. The summed E-state index contributed by atoms with van der Waals surface area (Å²) in [5.41, 5.74) is -1.77. The van der Waals surface area contributed by atoms with Crippen LogP contribution in [0, 0.1) is 0 Å². The highest BCUT2D eigenvalue weighted by molar-refractivity contribution is 5.87. The van der Waals surface area contributed by atoms with Crippen LogP contribution in [0.1, 0.15) is 6.92 Å². The minimum atomic E-state index is -8.79. The van der Waals surface area contributed by atoms with Crippen LogP contribution in [0.5, 0.6) is 0 Å². The number of rotatable bonds is 8. The van der Waals surface area contributed by atoms with E-state index in [-0.39, 0.29) is 6.92 Å². The molecule has 0 atom stereocenters. The fourth-order valence-corrected chi connectivity index (χ4v) is 1.69. The van der Waals surface area contributed by atoms with Crippen molar-refractivity contribution in [1.29, 1.82) is 0 Å². The van der Waals surface area contributed by atoms with Gasteiger partial charge in [-0.1, -0.05) is 6.58 Å². The van der Waals surface area contributed by atoms with E-state index in [4.69, 9.17) is 0 Å². The molecule has 0 amide bonds. The summed E-state index contributed by atoms with van der Waals surface area (Å²) in [6.45, 7) is 2.30. The van der Waals surface area contributed by atoms with Gasteiger partial charge in [-0.15, -0.1) is 0 Å². The lowest BCUT2D eigenvalue weighted by atomic mass is 9.87. The molecule has 0 aliphatic carbocycles. The second-order valence-electron chi connectivity index (χ2n) is 6.21. The van der Waals surface area contributed by atoms with Gasteiger partial charge in [0.05, 0.1) is 0 Å². The molecule has 0 aromatic heterocycles. The number of ether oxygens (including phenoxy) is 1. The highest BCUT2D eigenvalue weighted by Gasteiger charge is 2.97. The van der Waals surface area contributed by atoms with E-state index in [1.165, 1.54) is 0 Å². The first-order valence-electron chi connectivity index (χ1n) is 7.31. The minimum Gasteiger partial charge on any atom is -0.413 e. The number of carbonyl (C=O) groups excluding carboxylic acids is 1. The fourth-order valence-electron chi connectivity index (χ4n) is 1.69. The standard InChI is InChI=1S/C13H5F19O2/c1-3(2)4(33)34-11(26,7(18,19)5(14,15)9(22,23)12(27,28)29)8(20,21)6(16,17)10(24,25)13(30,31)32/h1H2,2H3. The van der Waals surface area contributed by atoms with Crippen LogP contribution >= 0.6 is 0 Å². The normalized spacial score (nSPS) is 15.9. The van der Waals surface area contributed by atoms with Gasteiger partial charge in [0, 0.05) is 5.57 Å². The maximum Gasteiger partial charge on any atom is 0.460 e. The summed E-state index contributed by atoms with van der Waals surface area (Å²) in [5.74, 6) is -63.5. The molecule has 0 aliphatic rings. The number of hydrogen-bond acceptors (Lipinski definition) is 2. The third kappa shape index (κ3) is 4.01. The van der Waals surface area contributed by atoms with E-state index in [1.54, 1.807) is 0 Å². The molecule has 0 heterocycles. The fraction of sp³-hybridized carbons (Fsp3) is 0.769. The first kappa shape index (κ1) is 31.9. The van der Waals surface area contributed by atoms with Crippen LogP contribution < -0.4 is 0 Å². The minimum absolute atomic E-state index is 0.0595. The summed E-state index contributed by atoms with van der Waals surface area (Å²) in [5, 5.41) is 0. The molecule has 0 rings (SSSR count). The maximum atomic E-state index is 14.4. The topological polar surface area (TPSA) is 26.3 Å². The summed E-state index contributed by atoms with van der Waals surface area (Å²) < 4.78 is 250. The summed E-state index contributed by atoms with van der Waals surface area (Å²) >= 11 is 0. The lowest BCUT2D eigenvalue weighted by molar-refractivity contribution is -0.485. The van der Waals surface area contributed by atoms with E-state index in [2.05, 4.69) is 11.3 Å². The van der Waals surface area contributed by atoms with Gasteiger partial charge in [-0.3, -0.25) is 0 Å². The van der Waals surface area contributed by atoms with Gasteiger partial charge in [0.25, 0.3) is 0 Å². The van der Waals surface area contributed by atoms with Gasteiger partial charge in [-0.05, 0) is 6.92 Å². The molecule has 0 aromatic carbocycles. The van der Waals surface area contributed by atoms with Crippen LogP contribution in [0.4, 0.5) is 83.4 Å². The molecule has 0 aromatic rings. The maximum absolute atomic E-state index is 14.4. The Labute approximate surface area is 173 Å². The predicted octanol–water partition coefficient (Wildman–Crippen LogP) is 6.71. The zero-order valence-electron chi connectivity index (χ0n) is 15.2. The predicted molar refractivity (Wildman–Crippen MR) is 66.5 cm³/mol. The molecule has 202 valence electrons. The van der Waals surface area contributed by atoms with Crippen LogP contribution in [0.25, 0.3) is 0 Å². The van der Waals surface area contributed by atoms with Crippen molar-refractivity contribution in [3.05, 3.63) is 12.2 Å². The number of halogens is 19. The van der Waals surface area contributed by atoms with Crippen molar-refractivity contribution in [3.63, 3.8) is 0 Å². The number of hydrogen-bond donors (Lipinski definition) is 0. The Hall–Kier alpha value is -2.12. The van der Waals surface area contributed by atoms with E-state index in [0.29, 0.717) is 0 Å². The molecular weight excluding hydrogens is 549 g/mol. The molecule has 0 fully saturated rings. The largest absolute Gasteiger partial charge is 0.460 e. The summed E-state index contributed by atoms with van der Waals surface area (Å²) in [4.78, 5) is 11.1. The van der Waals surface area contributed by atoms with Crippen molar-refractivity contribution in [1.82, 2.24) is 0 Å². The number of alkyl halides is 19. The van der Waals surface area contributed by atoms with Crippen molar-refractivity contribution in [3.8, 4) is 0 Å². The smallest absolute Gasteiger partial charge is 0.413 e. The van der Waals surface area contributed by atoms with Crippen molar-refractivity contribution in [2.24, 2.45) is 0 Å². The highest BCUT2D eigenvalue weighted by atomic mass is 19.4. The van der Waals surface area contributed by atoms with Gasteiger partial charge < -0.3 is 4.74 Å². The average molecular weight is 554 g/mol. The van der Waals surface area contributed by atoms with E-state index in [1.807, 2.05) is 0 Å². The molecule has 0 spiro atoms. The van der Waals surface area contributed by atoms with Crippen LogP contribution in [-0.4, -0.2) is 59.7 Å². The van der Waals surface area contributed by atoms with Crippen LogP contribution in [0.2, 0.25) is 0 Å². The molecule has 0 unspecified atom stereocenters. The zero-order chi connectivity index (χ0) is 28.4. The first-order valence-corrected chi connectivity index (χ1v) is 7.31. The highest BCUT2D eigenvalue weighted by Crippen LogP contribution is 2.65. The second-order valence-corrected chi connectivity index (χ2v) is 6.21. The van der Waals surface area contributed by atoms with Gasteiger partial charge in [-0.2, -0.15) is 83.4 Å². The Bertz CT molecular complexity index is 752. The van der Waals surface area contributed by atoms with Gasteiger partial charge in [0.2, 0.25) is 0 Å². The lowest BCUT2D eigenvalue weighted by Gasteiger charge is -2.45. The molecule has 34 heavy (non-hydrogen) atoms. The van der Waals surface area contributed by atoms with Crippen LogP contribution in [0.15, 0.2) is 12.2 Å². The average Bonchev–Trinajstić information content (AvgIpc) is 2.58.